The Labute approximate surface area is 74.5 Å². The van der Waals surface area contributed by atoms with E-state index in [1.807, 2.05) is 0 Å². The maximum absolute atomic E-state index is 10.2. The quantitative estimate of drug-likeness (QED) is 0.525. The molecule has 0 aromatic rings. The van der Waals surface area contributed by atoms with Gasteiger partial charge in [-0.25, -0.2) is 4.99 Å². The summed E-state index contributed by atoms with van der Waals surface area (Å²) in [6, 6.07) is 0.236. The van der Waals surface area contributed by atoms with Crippen LogP contribution in [0.4, 0.5) is 0 Å². The molecule has 68 valence electrons. The van der Waals surface area contributed by atoms with Crippen molar-refractivity contribution < 1.29 is 14.7 Å². The van der Waals surface area contributed by atoms with Gasteiger partial charge in [0.05, 0.1) is 6.42 Å². The lowest BCUT2D eigenvalue weighted by molar-refractivity contribution is -0.137. The number of aliphatic imine (C=N–C) groups is 1. The number of hydroxylamine groups is 2. The Morgan fingerprint density at radius 3 is 3.08 bits per heavy atom. The summed E-state index contributed by atoms with van der Waals surface area (Å²) >= 11 is 5.45. The minimum absolute atomic E-state index is 0.0367. The standard InChI is InChI=1S/C6H9ClN2O3/c7-3-9-4-8-5(12-9)1-2-6(10)11/h1-4H2,(H,10,11). The van der Waals surface area contributed by atoms with Crippen LogP contribution in [0.15, 0.2) is 4.99 Å². The van der Waals surface area contributed by atoms with Gasteiger partial charge >= 0.3 is 5.97 Å². The third kappa shape index (κ3) is 2.67. The molecule has 1 rings (SSSR count). The molecule has 5 nitrogen and oxygen atoms in total. The van der Waals surface area contributed by atoms with E-state index in [1.54, 1.807) is 0 Å². The highest BCUT2D eigenvalue weighted by molar-refractivity contribution is 6.17. The number of alkyl halides is 1. The van der Waals surface area contributed by atoms with Crippen molar-refractivity contribution in [2.24, 2.45) is 4.99 Å². The van der Waals surface area contributed by atoms with E-state index in [0.717, 1.165) is 0 Å². The molecular formula is C6H9ClN2O3. The molecule has 0 unspecified atom stereocenters. The molecule has 0 atom stereocenters. The van der Waals surface area contributed by atoms with E-state index in [1.165, 1.54) is 5.06 Å². The summed E-state index contributed by atoms with van der Waals surface area (Å²) in [6.45, 7) is 0.387. The molecule has 0 aromatic carbocycles. The molecule has 1 aliphatic rings. The average Bonchev–Trinajstić information content (AvgIpc) is 2.48. The fourth-order valence-electron chi connectivity index (χ4n) is 0.765. The largest absolute Gasteiger partial charge is 0.481 e. The number of carboxylic acid groups (broad SMARTS) is 1. The molecule has 6 heteroatoms. The summed E-state index contributed by atoms with van der Waals surface area (Å²) in [4.78, 5) is 19.1. The maximum atomic E-state index is 10.2. The van der Waals surface area contributed by atoms with Crippen molar-refractivity contribution in [1.82, 2.24) is 5.06 Å². The van der Waals surface area contributed by atoms with Gasteiger partial charge in [0.15, 0.2) is 0 Å². The van der Waals surface area contributed by atoms with Crippen LogP contribution in [-0.4, -0.2) is 34.7 Å². The first-order valence-corrected chi connectivity index (χ1v) is 4.00. The van der Waals surface area contributed by atoms with Gasteiger partial charge in [-0.1, -0.05) is 0 Å². The molecule has 0 fully saturated rings. The van der Waals surface area contributed by atoms with Gasteiger partial charge in [-0.15, -0.1) is 16.7 Å². The number of rotatable bonds is 4. The lowest BCUT2D eigenvalue weighted by Gasteiger charge is -2.08. The molecule has 0 aromatic heterocycles. The van der Waals surface area contributed by atoms with E-state index in [-0.39, 0.29) is 12.4 Å². The first kappa shape index (κ1) is 9.28. The lowest BCUT2D eigenvalue weighted by atomic mass is 10.3. The Balaban J connectivity index is 2.23. The van der Waals surface area contributed by atoms with Crippen LogP contribution >= 0.6 is 11.6 Å². The second-order valence-corrected chi connectivity index (χ2v) is 2.52. The molecule has 12 heavy (non-hydrogen) atoms. The van der Waals surface area contributed by atoms with Gasteiger partial charge in [0.1, 0.15) is 12.7 Å². The number of aliphatic carboxylic acids is 1. The van der Waals surface area contributed by atoms with E-state index >= 15 is 0 Å². The normalized spacial score (nSPS) is 17.2. The van der Waals surface area contributed by atoms with E-state index in [0.29, 0.717) is 19.0 Å². The molecule has 0 aliphatic carbocycles. The third-order valence-corrected chi connectivity index (χ3v) is 1.59. The summed E-state index contributed by atoms with van der Waals surface area (Å²) in [5, 5.41) is 9.79. The third-order valence-electron chi connectivity index (χ3n) is 1.33. The number of halogens is 1. The van der Waals surface area contributed by atoms with Crippen LogP contribution in [0.25, 0.3) is 0 Å². The number of nitrogens with zero attached hydrogens (tertiary/aromatic N) is 2. The van der Waals surface area contributed by atoms with Crippen LogP contribution in [-0.2, 0) is 9.63 Å². The van der Waals surface area contributed by atoms with E-state index in [9.17, 15) is 4.79 Å². The number of carboxylic acids is 1. The smallest absolute Gasteiger partial charge is 0.303 e. The van der Waals surface area contributed by atoms with Crippen LogP contribution in [0.2, 0.25) is 0 Å². The minimum Gasteiger partial charge on any atom is -0.481 e. The highest BCUT2D eigenvalue weighted by Crippen LogP contribution is 2.07. The zero-order valence-corrected chi connectivity index (χ0v) is 7.12. The van der Waals surface area contributed by atoms with Crippen LogP contribution in [0.1, 0.15) is 12.8 Å². The molecule has 0 saturated carbocycles. The Hall–Kier alpha value is -0.810. The molecule has 0 amide bonds. The molecule has 0 bridgehead atoms. The first-order chi connectivity index (χ1) is 5.72. The Kier molecular flexibility index (Phi) is 3.31. The molecule has 0 spiro atoms. The Morgan fingerprint density at radius 1 is 1.83 bits per heavy atom. The van der Waals surface area contributed by atoms with Crippen molar-refractivity contribution in [3.63, 3.8) is 0 Å². The minimum atomic E-state index is -0.856. The van der Waals surface area contributed by atoms with Crippen molar-refractivity contribution >= 4 is 23.5 Å². The van der Waals surface area contributed by atoms with Gasteiger partial charge in [-0.3, -0.25) is 4.79 Å². The molecule has 0 saturated heterocycles. The molecule has 0 radical (unpaired) electrons. The van der Waals surface area contributed by atoms with E-state index in [2.05, 4.69) is 4.99 Å². The van der Waals surface area contributed by atoms with Crippen molar-refractivity contribution in [1.29, 1.82) is 0 Å². The van der Waals surface area contributed by atoms with Gasteiger partial charge in [-0.05, 0) is 0 Å². The number of hydrogen-bond acceptors (Lipinski definition) is 4. The van der Waals surface area contributed by atoms with Crippen LogP contribution in [0.3, 0.4) is 0 Å². The highest BCUT2D eigenvalue weighted by Gasteiger charge is 2.16. The predicted molar refractivity (Wildman–Crippen MR) is 42.8 cm³/mol. The Morgan fingerprint density at radius 2 is 2.58 bits per heavy atom. The summed E-state index contributed by atoms with van der Waals surface area (Å²) in [7, 11) is 0. The Bertz CT molecular complexity index is 207. The monoisotopic (exact) mass is 192 g/mol. The number of carbonyl (C=O) groups is 1. The fourth-order valence-corrected chi connectivity index (χ4v) is 0.890. The summed E-state index contributed by atoms with van der Waals surface area (Å²) < 4.78 is 0. The summed E-state index contributed by atoms with van der Waals surface area (Å²) in [6.07, 6.45) is 0.359. The van der Waals surface area contributed by atoms with Crippen molar-refractivity contribution in [3.8, 4) is 0 Å². The molecular weight excluding hydrogens is 184 g/mol. The van der Waals surface area contributed by atoms with E-state index < -0.39 is 5.97 Å². The van der Waals surface area contributed by atoms with Gasteiger partial charge in [0.25, 0.3) is 0 Å². The van der Waals surface area contributed by atoms with Crippen LogP contribution < -0.4 is 0 Å². The zero-order valence-electron chi connectivity index (χ0n) is 6.36. The highest BCUT2D eigenvalue weighted by atomic mass is 35.5. The SMILES string of the molecule is O=C(O)CCC1=NCN(CCl)O1. The second-order valence-electron chi connectivity index (χ2n) is 2.28. The maximum Gasteiger partial charge on any atom is 0.303 e. The fraction of sp³-hybridized carbons (Fsp3) is 0.667. The summed E-state index contributed by atoms with van der Waals surface area (Å²) in [5.41, 5.74) is 0. The lowest BCUT2D eigenvalue weighted by Crippen LogP contribution is -2.18. The van der Waals surface area contributed by atoms with Crippen LogP contribution in [0, 0.1) is 0 Å². The van der Waals surface area contributed by atoms with E-state index in [4.69, 9.17) is 21.5 Å². The van der Waals surface area contributed by atoms with Gasteiger partial charge in [0, 0.05) is 6.42 Å². The zero-order chi connectivity index (χ0) is 8.97. The summed E-state index contributed by atoms with van der Waals surface area (Å²) in [5.74, 6) is -0.413. The van der Waals surface area contributed by atoms with Crippen molar-refractivity contribution in [2.45, 2.75) is 12.8 Å². The van der Waals surface area contributed by atoms with Gasteiger partial charge < -0.3 is 9.94 Å². The first-order valence-electron chi connectivity index (χ1n) is 3.46. The van der Waals surface area contributed by atoms with Crippen LogP contribution in [0.5, 0.6) is 0 Å². The molecule has 1 aliphatic heterocycles. The second kappa shape index (κ2) is 4.27. The predicted octanol–water partition coefficient (Wildman–Crippen LogP) is 0.651. The molecule has 1 N–H and O–H groups in total. The number of hydrogen-bond donors (Lipinski definition) is 1. The van der Waals surface area contributed by atoms with Crippen molar-refractivity contribution in [2.75, 3.05) is 12.7 Å². The van der Waals surface area contributed by atoms with Crippen molar-refractivity contribution in [3.05, 3.63) is 0 Å². The topological polar surface area (TPSA) is 62.1 Å². The van der Waals surface area contributed by atoms with Gasteiger partial charge in [-0.2, -0.15) is 0 Å². The van der Waals surface area contributed by atoms with Gasteiger partial charge in [0.2, 0.25) is 5.90 Å². The molecule has 1 heterocycles. The average molecular weight is 193 g/mol.